The first kappa shape index (κ1) is 17.2. The predicted molar refractivity (Wildman–Crippen MR) is 79.8 cm³/mol. The molecule has 1 heterocycles. The van der Waals surface area contributed by atoms with E-state index in [0.717, 1.165) is 11.3 Å². The number of ether oxygens (including phenoxy) is 3. The lowest BCUT2D eigenvalue weighted by Crippen LogP contribution is -2.27. The van der Waals surface area contributed by atoms with Gasteiger partial charge in [-0.05, 0) is 0 Å². The van der Waals surface area contributed by atoms with E-state index in [-0.39, 0.29) is 22.2 Å². The van der Waals surface area contributed by atoms with Crippen molar-refractivity contribution in [3.05, 3.63) is 10.4 Å². The van der Waals surface area contributed by atoms with Crippen LogP contribution in [0.2, 0.25) is 0 Å². The molecular formula is C12H19N3O5S. The Balaban J connectivity index is 3.00. The van der Waals surface area contributed by atoms with E-state index >= 15 is 0 Å². The number of rotatable bonds is 8. The van der Waals surface area contributed by atoms with Crippen LogP contribution in [0.25, 0.3) is 0 Å². The van der Waals surface area contributed by atoms with Gasteiger partial charge in [0.15, 0.2) is 0 Å². The summed E-state index contributed by atoms with van der Waals surface area (Å²) in [6, 6.07) is 0. The van der Waals surface area contributed by atoms with Crippen molar-refractivity contribution in [1.29, 1.82) is 0 Å². The molecule has 0 saturated heterocycles. The van der Waals surface area contributed by atoms with Gasteiger partial charge in [0.05, 0.1) is 31.1 Å². The van der Waals surface area contributed by atoms with Crippen LogP contribution in [-0.2, 0) is 14.2 Å². The van der Waals surface area contributed by atoms with E-state index in [4.69, 9.17) is 20.9 Å². The molecule has 1 aromatic heterocycles. The van der Waals surface area contributed by atoms with Gasteiger partial charge in [0, 0.05) is 20.8 Å². The number of hydrogen-bond donors (Lipinski definition) is 3. The second-order valence-electron chi connectivity index (χ2n) is 4.10. The number of methoxy groups -OCH3 is 3. The van der Waals surface area contributed by atoms with Gasteiger partial charge in [-0.1, -0.05) is 0 Å². The molecule has 0 aliphatic carbocycles. The fourth-order valence-electron chi connectivity index (χ4n) is 1.66. The van der Waals surface area contributed by atoms with Crippen molar-refractivity contribution < 1.29 is 23.8 Å². The van der Waals surface area contributed by atoms with Gasteiger partial charge in [-0.3, -0.25) is 4.79 Å². The monoisotopic (exact) mass is 317 g/mol. The van der Waals surface area contributed by atoms with Crippen molar-refractivity contribution in [2.75, 3.05) is 45.5 Å². The second-order valence-corrected chi connectivity index (χ2v) is 5.12. The Labute approximate surface area is 126 Å². The summed E-state index contributed by atoms with van der Waals surface area (Å²) < 4.78 is 14.8. The summed E-state index contributed by atoms with van der Waals surface area (Å²) in [4.78, 5) is 23.2. The van der Waals surface area contributed by atoms with Crippen LogP contribution in [0.5, 0.6) is 0 Å². The highest BCUT2D eigenvalue weighted by Gasteiger charge is 2.25. The Morgan fingerprint density at radius 3 is 2.48 bits per heavy atom. The molecule has 1 atom stereocenters. The molecule has 0 aliphatic heterocycles. The summed E-state index contributed by atoms with van der Waals surface area (Å²) in [5, 5.41) is 3.40. The molecular weight excluding hydrogens is 298 g/mol. The topological polar surface area (TPSA) is 126 Å². The number of carbonyl (C=O) groups excluding carboxylic acids is 2. The third-order valence-corrected chi connectivity index (χ3v) is 3.88. The van der Waals surface area contributed by atoms with E-state index in [1.54, 1.807) is 14.2 Å². The van der Waals surface area contributed by atoms with Crippen LogP contribution in [0.4, 0.5) is 10.7 Å². The van der Waals surface area contributed by atoms with Crippen molar-refractivity contribution >= 4 is 33.9 Å². The van der Waals surface area contributed by atoms with E-state index in [1.807, 2.05) is 0 Å². The molecule has 0 bridgehead atoms. The summed E-state index contributed by atoms with van der Waals surface area (Å²) in [6.45, 7) is 0.741. The maximum atomic E-state index is 11.6. The first-order chi connectivity index (χ1) is 9.96. The summed E-state index contributed by atoms with van der Waals surface area (Å²) in [6.07, 6.45) is -0.222. The highest BCUT2D eigenvalue weighted by atomic mass is 32.1. The molecule has 0 aromatic carbocycles. The van der Waals surface area contributed by atoms with Crippen molar-refractivity contribution in [3.8, 4) is 0 Å². The molecule has 0 spiro atoms. The predicted octanol–water partition coefficient (Wildman–Crippen LogP) is 0.289. The Morgan fingerprint density at radius 1 is 1.33 bits per heavy atom. The summed E-state index contributed by atoms with van der Waals surface area (Å²) in [5.74, 6) is -1.34. The number of amides is 1. The molecule has 0 aliphatic rings. The van der Waals surface area contributed by atoms with Crippen LogP contribution in [0.15, 0.2) is 0 Å². The van der Waals surface area contributed by atoms with E-state index in [0.29, 0.717) is 18.2 Å². The SMILES string of the molecule is COCC(CNc1sc(C(=O)OC)c(N)c1C(N)=O)OC. The molecule has 8 nitrogen and oxygen atoms in total. The molecule has 118 valence electrons. The Morgan fingerprint density at radius 2 is 2.00 bits per heavy atom. The minimum atomic E-state index is -0.720. The van der Waals surface area contributed by atoms with Gasteiger partial charge < -0.3 is 31.0 Å². The van der Waals surface area contributed by atoms with Gasteiger partial charge in [-0.15, -0.1) is 11.3 Å². The average molecular weight is 317 g/mol. The first-order valence-electron chi connectivity index (χ1n) is 6.02. The van der Waals surface area contributed by atoms with Crippen LogP contribution in [0.3, 0.4) is 0 Å². The smallest absolute Gasteiger partial charge is 0.350 e. The molecule has 1 rings (SSSR count). The highest BCUT2D eigenvalue weighted by Crippen LogP contribution is 2.35. The van der Waals surface area contributed by atoms with Crippen LogP contribution in [-0.4, -0.2) is 52.5 Å². The highest BCUT2D eigenvalue weighted by molar-refractivity contribution is 7.19. The molecule has 1 aromatic rings. The third kappa shape index (κ3) is 4.06. The number of hydrogen-bond acceptors (Lipinski definition) is 8. The zero-order valence-electron chi connectivity index (χ0n) is 12.1. The molecule has 0 fully saturated rings. The van der Waals surface area contributed by atoms with E-state index in [2.05, 4.69) is 10.1 Å². The van der Waals surface area contributed by atoms with E-state index in [9.17, 15) is 9.59 Å². The summed E-state index contributed by atoms with van der Waals surface area (Å²) in [7, 11) is 4.33. The number of carbonyl (C=O) groups is 2. The third-order valence-electron chi connectivity index (χ3n) is 2.74. The maximum absolute atomic E-state index is 11.6. The standard InChI is InChI=1S/C12H19N3O5S/c1-18-5-6(19-2)4-15-11-7(10(14)16)8(13)9(21-11)12(17)20-3/h6,15H,4-5,13H2,1-3H3,(H2,14,16). The van der Waals surface area contributed by atoms with Crippen LogP contribution >= 0.6 is 11.3 Å². The quantitative estimate of drug-likeness (QED) is 0.588. The van der Waals surface area contributed by atoms with Crippen molar-refractivity contribution in [1.82, 2.24) is 0 Å². The molecule has 9 heteroatoms. The van der Waals surface area contributed by atoms with E-state index in [1.165, 1.54) is 7.11 Å². The number of nitrogen functional groups attached to an aromatic ring is 1. The Hall–Kier alpha value is -1.84. The zero-order chi connectivity index (χ0) is 16.0. The number of thiophene rings is 1. The lowest BCUT2D eigenvalue weighted by Gasteiger charge is -2.15. The Kier molecular flexibility index (Phi) is 6.40. The number of esters is 1. The van der Waals surface area contributed by atoms with Gasteiger partial charge in [-0.25, -0.2) is 4.79 Å². The second kappa shape index (κ2) is 7.81. The molecule has 0 radical (unpaired) electrons. The largest absolute Gasteiger partial charge is 0.465 e. The van der Waals surface area contributed by atoms with E-state index < -0.39 is 11.9 Å². The summed E-state index contributed by atoms with van der Waals surface area (Å²) >= 11 is 1.01. The Bertz CT molecular complexity index is 517. The van der Waals surface area contributed by atoms with Crippen LogP contribution < -0.4 is 16.8 Å². The normalized spacial score (nSPS) is 12.0. The fraction of sp³-hybridized carbons (Fsp3) is 0.500. The van der Waals surface area contributed by atoms with Crippen molar-refractivity contribution in [3.63, 3.8) is 0 Å². The first-order valence-corrected chi connectivity index (χ1v) is 6.83. The van der Waals surface area contributed by atoms with Gasteiger partial charge in [-0.2, -0.15) is 0 Å². The fourth-order valence-corrected chi connectivity index (χ4v) is 2.71. The minimum Gasteiger partial charge on any atom is -0.465 e. The van der Waals surface area contributed by atoms with Crippen LogP contribution in [0.1, 0.15) is 20.0 Å². The van der Waals surface area contributed by atoms with Gasteiger partial charge in [0.1, 0.15) is 9.88 Å². The van der Waals surface area contributed by atoms with Gasteiger partial charge in [0.25, 0.3) is 5.91 Å². The lowest BCUT2D eigenvalue weighted by molar-refractivity contribution is 0.0366. The number of nitrogens with one attached hydrogen (secondary N) is 1. The molecule has 1 amide bonds. The van der Waals surface area contributed by atoms with Crippen LogP contribution in [0, 0.1) is 0 Å². The zero-order valence-corrected chi connectivity index (χ0v) is 12.9. The summed E-state index contributed by atoms with van der Waals surface area (Å²) in [5.41, 5.74) is 11.2. The molecule has 1 unspecified atom stereocenters. The molecule has 5 N–H and O–H groups in total. The number of primary amides is 1. The minimum absolute atomic E-state index is 0.0163. The van der Waals surface area contributed by atoms with Crippen molar-refractivity contribution in [2.45, 2.75) is 6.10 Å². The average Bonchev–Trinajstić information content (AvgIpc) is 2.79. The number of anilines is 2. The van der Waals surface area contributed by atoms with Gasteiger partial charge in [0.2, 0.25) is 0 Å². The van der Waals surface area contributed by atoms with Crippen molar-refractivity contribution in [2.24, 2.45) is 5.73 Å². The van der Waals surface area contributed by atoms with Gasteiger partial charge >= 0.3 is 5.97 Å². The molecule has 21 heavy (non-hydrogen) atoms. The number of nitrogens with two attached hydrogens (primary N) is 2. The molecule has 0 saturated carbocycles. The maximum Gasteiger partial charge on any atom is 0.350 e. The lowest BCUT2D eigenvalue weighted by atomic mass is 10.2.